The van der Waals surface area contributed by atoms with Crippen LogP contribution in [-0.2, 0) is 6.42 Å². The first kappa shape index (κ1) is 14.2. The first-order valence-electron chi connectivity index (χ1n) is 6.69. The number of nitrogens with one attached hydrogen (secondary N) is 1. The Morgan fingerprint density at radius 1 is 1.10 bits per heavy atom. The highest BCUT2D eigenvalue weighted by Gasteiger charge is 2.12. The second-order valence-electron chi connectivity index (χ2n) is 4.72. The summed E-state index contributed by atoms with van der Waals surface area (Å²) in [5, 5.41) is 14.3. The van der Waals surface area contributed by atoms with Gasteiger partial charge in [0.2, 0.25) is 0 Å². The lowest BCUT2D eigenvalue weighted by molar-refractivity contribution is -0.385. The van der Waals surface area contributed by atoms with E-state index in [0.29, 0.717) is 13.0 Å². The molecular formula is C16H18N2O2. The molecule has 2 aromatic rings. The molecule has 0 aromatic heterocycles. The molecule has 2 aromatic carbocycles. The minimum atomic E-state index is -0.323. The molecule has 0 aliphatic carbocycles. The average molecular weight is 270 g/mol. The minimum absolute atomic E-state index is 0.196. The van der Waals surface area contributed by atoms with Crippen LogP contribution in [0.1, 0.15) is 24.1 Å². The second kappa shape index (κ2) is 6.82. The van der Waals surface area contributed by atoms with Crippen LogP contribution in [0.4, 0.5) is 5.69 Å². The van der Waals surface area contributed by atoms with Crippen LogP contribution in [-0.4, -0.2) is 11.5 Å². The Kier molecular flexibility index (Phi) is 4.85. The average Bonchev–Trinajstić information content (AvgIpc) is 2.48. The van der Waals surface area contributed by atoms with Crippen LogP contribution in [0.2, 0.25) is 0 Å². The zero-order valence-corrected chi connectivity index (χ0v) is 11.5. The molecule has 2 rings (SSSR count). The van der Waals surface area contributed by atoms with Gasteiger partial charge >= 0.3 is 0 Å². The standard InChI is InChI=1S/C16H18N2O2/c1-13(14-7-3-2-4-8-14)17-12-11-15-9-5-6-10-16(15)18(19)20/h2-10,13,17H,11-12H2,1H3/t13-/m1/s1. The summed E-state index contributed by atoms with van der Waals surface area (Å²) >= 11 is 0. The van der Waals surface area contributed by atoms with Gasteiger partial charge in [0.15, 0.2) is 0 Å². The highest BCUT2D eigenvalue weighted by atomic mass is 16.6. The lowest BCUT2D eigenvalue weighted by Crippen LogP contribution is -2.21. The lowest BCUT2D eigenvalue weighted by Gasteiger charge is -2.14. The molecule has 0 bridgehead atoms. The molecule has 4 heteroatoms. The predicted octanol–water partition coefficient (Wildman–Crippen LogP) is 3.49. The van der Waals surface area contributed by atoms with Gasteiger partial charge < -0.3 is 5.32 Å². The van der Waals surface area contributed by atoms with Gasteiger partial charge in [0.1, 0.15) is 0 Å². The number of hydrogen-bond donors (Lipinski definition) is 1. The number of benzene rings is 2. The van der Waals surface area contributed by atoms with Gasteiger partial charge in [-0.1, -0.05) is 48.5 Å². The van der Waals surface area contributed by atoms with Gasteiger partial charge in [-0.3, -0.25) is 10.1 Å². The van der Waals surface area contributed by atoms with Gasteiger partial charge in [-0.2, -0.15) is 0 Å². The third-order valence-electron chi connectivity index (χ3n) is 3.33. The Balaban J connectivity index is 1.92. The van der Waals surface area contributed by atoms with Crippen molar-refractivity contribution in [3.05, 3.63) is 75.8 Å². The highest BCUT2D eigenvalue weighted by Crippen LogP contribution is 2.18. The zero-order chi connectivity index (χ0) is 14.4. The maximum atomic E-state index is 10.9. The SMILES string of the molecule is C[C@@H](NCCc1ccccc1[N+](=O)[O-])c1ccccc1. The molecule has 20 heavy (non-hydrogen) atoms. The van der Waals surface area contributed by atoms with Gasteiger partial charge in [-0.05, 0) is 25.5 Å². The lowest BCUT2D eigenvalue weighted by atomic mass is 10.1. The van der Waals surface area contributed by atoms with E-state index < -0.39 is 0 Å². The quantitative estimate of drug-likeness (QED) is 0.645. The van der Waals surface area contributed by atoms with Crippen molar-refractivity contribution >= 4 is 5.69 Å². The third kappa shape index (κ3) is 3.65. The number of nitro benzene ring substituents is 1. The van der Waals surface area contributed by atoms with E-state index in [1.807, 2.05) is 30.3 Å². The summed E-state index contributed by atoms with van der Waals surface area (Å²) in [7, 11) is 0. The smallest absolute Gasteiger partial charge is 0.272 e. The van der Waals surface area contributed by atoms with Crippen LogP contribution in [0.3, 0.4) is 0 Å². The molecule has 0 unspecified atom stereocenters. The van der Waals surface area contributed by atoms with Crippen LogP contribution in [0, 0.1) is 10.1 Å². The molecular weight excluding hydrogens is 252 g/mol. The Labute approximate surface area is 118 Å². The first-order chi connectivity index (χ1) is 9.68. The van der Waals surface area contributed by atoms with Gasteiger partial charge in [0, 0.05) is 17.7 Å². The van der Waals surface area contributed by atoms with Crippen LogP contribution in [0.5, 0.6) is 0 Å². The van der Waals surface area contributed by atoms with Crippen molar-refractivity contribution in [3.63, 3.8) is 0 Å². The van der Waals surface area contributed by atoms with E-state index in [1.165, 1.54) is 5.56 Å². The molecule has 0 radical (unpaired) electrons. The number of nitrogens with zero attached hydrogens (tertiary/aromatic N) is 1. The number of rotatable bonds is 6. The fraction of sp³-hybridized carbons (Fsp3) is 0.250. The van der Waals surface area contributed by atoms with E-state index in [4.69, 9.17) is 0 Å². The van der Waals surface area contributed by atoms with E-state index in [-0.39, 0.29) is 16.7 Å². The van der Waals surface area contributed by atoms with Crippen LogP contribution in [0.15, 0.2) is 54.6 Å². The summed E-state index contributed by atoms with van der Waals surface area (Å²) in [5.74, 6) is 0. The van der Waals surface area contributed by atoms with Crippen molar-refractivity contribution in [2.24, 2.45) is 0 Å². The maximum absolute atomic E-state index is 10.9. The van der Waals surface area contributed by atoms with Crippen molar-refractivity contribution in [3.8, 4) is 0 Å². The highest BCUT2D eigenvalue weighted by molar-refractivity contribution is 5.39. The zero-order valence-electron chi connectivity index (χ0n) is 11.5. The van der Waals surface area contributed by atoms with Crippen LogP contribution >= 0.6 is 0 Å². The molecule has 0 spiro atoms. The monoisotopic (exact) mass is 270 g/mol. The topological polar surface area (TPSA) is 55.2 Å². The number of para-hydroxylation sites is 1. The molecule has 1 atom stereocenters. The molecule has 0 saturated heterocycles. The normalized spacial score (nSPS) is 12.1. The largest absolute Gasteiger partial charge is 0.310 e. The summed E-state index contributed by atoms with van der Waals surface area (Å²) < 4.78 is 0. The van der Waals surface area contributed by atoms with Crippen molar-refractivity contribution in [1.82, 2.24) is 5.32 Å². The van der Waals surface area contributed by atoms with Gasteiger partial charge in [0.05, 0.1) is 4.92 Å². The van der Waals surface area contributed by atoms with E-state index in [9.17, 15) is 10.1 Å². The number of nitro groups is 1. The van der Waals surface area contributed by atoms with Crippen LogP contribution in [0.25, 0.3) is 0 Å². The summed E-state index contributed by atoms with van der Waals surface area (Å²) in [6.07, 6.45) is 0.647. The molecule has 0 aliphatic rings. The van der Waals surface area contributed by atoms with E-state index in [2.05, 4.69) is 24.4 Å². The fourth-order valence-corrected chi connectivity index (χ4v) is 2.18. The molecule has 0 aliphatic heterocycles. The summed E-state index contributed by atoms with van der Waals surface area (Å²) in [6, 6.07) is 17.3. The molecule has 0 fully saturated rings. The van der Waals surface area contributed by atoms with Crippen molar-refractivity contribution in [1.29, 1.82) is 0 Å². The Hall–Kier alpha value is -2.20. The Morgan fingerprint density at radius 3 is 2.45 bits per heavy atom. The third-order valence-corrected chi connectivity index (χ3v) is 3.33. The second-order valence-corrected chi connectivity index (χ2v) is 4.72. The summed E-state index contributed by atoms with van der Waals surface area (Å²) in [5.41, 5.74) is 2.18. The summed E-state index contributed by atoms with van der Waals surface area (Å²) in [6.45, 7) is 2.80. The Morgan fingerprint density at radius 2 is 1.75 bits per heavy atom. The molecule has 4 nitrogen and oxygen atoms in total. The van der Waals surface area contributed by atoms with Crippen LogP contribution < -0.4 is 5.32 Å². The van der Waals surface area contributed by atoms with E-state index in [1.54, 1.807) is 12.1 Å². The van der Waals surface area contributed by atoms with Gasteiger partial charge in [-0.25, -0.2) is 0 Å². The Bertz CT molecular complexity index is 570. The van der Waals surface area contributed by atoms with Crippen molar-refractivity contribution < 1.29 is 4.92 Å². The van der Waals surface area contributed by atoms with E-state index >= 15 is 0 Å². The fourth-order valence-electron chi connectivity index (χ4n) is 2.18. The van der Waals surface area contributed by atoms with Gasteiger partial charge in [-0.15, -0.1) is 0 Å². The molecule has 104 valence electrons. The first-order valence-corrected chi connectivity index (χ1v) is 6.69. The van der Waals surface area contributed by atoms with Crippen molar-refractivity contribution in [2.75, 3.05) is 6.54 Å². The molecule has 1 N–H and O–H groups in total. The minimum Gasteiger partial charge on any atom is -0.310 e. The van der Waals surface area contributed by atoms with E-state index in [0.717, 1.165) is 5.56 Å². The molecule has 0 amide bonds. The molecule has 0 saturated carbocycles. The molecule has 0 heterocycles. The van der Waals surface area contributed by atoms with Gasteiger partial charge in [0.25, 0.3) is 5.69 Å². The number of hydrogen-bond acceptors (Lipinski definition) is 3. The van der Waals surface area contributed by atoms with Crippen molar-refractivity contribution in [2.45, 2.75) is 19.4 Å². The summed E-state index contributed by atoms with van der Waals surface area (Å²) in [4.78, 5) is 10.6. The predicted molar refractivity (Wildman–Crippen MR) is 79.7 cm³/mol. The maximum Gasteiger partial charge on any atom is 0.272 e.